The summed E-state index contributed by atoms with van der Waals surface area (Å²) in [5.41, 5.74) is 1.90. The molecule has 0 spiro atoms. The summed E-state index contributed by atoms with van der Waals surface area (Å²) in [5, 5.41) is 14.6. The molecule has 1 aliphatic rings. The Hall–Kier alpha value is -3.57. The van der Waals surface area contributed by atoms with Gasteiger partial charge >= 0.3 is 5.97 Å². The first kappa shape index (κ1) is 18.8. The van der Waals surface area contributed by atoms with E-state index >= 15 is 0 Å². The number of para-hydroxylation sites is 2. The maximum atomic E-state index is 12.5. The van der Waals surface area contributed by atoms with E-state index in [9.17, 15) is 14.9 Å². The SMILES string of the molecule is CN1/C(=C(\C#N)C(=O)COC(=O)Cc2noc3ccccc23)Sc2ccccc21. The molecule has 1 aliphatic heterocycles. The van der Waals surface area contributed by atoms with Gasteiger partial charge in [0.05, 0.1) is 12.1 Å². The zero-order valence-electron chi connectivity index (χ0n) is 15.4. The molecule has 2 heterocycles. The lowest BCUT2D eigenvalue weighted by Crippen LogP contribution is -2.20. The highest BCUT2D eigenvalue weighted by Crippen LogP contribution is 2.46. The van der Waals surface area contributed by atoms with Crippen LogP contribution in [0.3, 0.4) is 0 Å². The maximum Gasteiger partial charge on any atom is 0.312 e. The second-order valence-corrected chi connectivity index (χ2v) is 7.34. The van der Waals surface area contributed by atoms with Crippen LogP contribution >= 0.6 is 11.8 Å². The molecule has 0 amide bonds. The van der Waals surface area contributed by atoms with Crippen molar-refractivity contribution in [1.82, 2.24) is 5.16 Å². The summed E-state index contributed by atoms with van der Waals surface area (Å²) in [7, 11) is 1.79. The number of nitriles is 1. The molecule has 1 aromatic heterocycles. The number of ketones is 1. The number of aromatic nitrogens is 1. The number of hydrogen-bond acceptors (Lipinski definition) is 8. The van der Waals surface area contributed by atoms with Crippen molar-refractivity contribution in [2.45, 2.75) is 11.3 Å². The second-order valence-electron chi connectivity index (χ2n) is 6.31. The van der Waals surface area contributed by atoms with Crippen LogP contribution in [0.1, 0.15) is 5.69 Å². The van der Waals surface area contributed by atoms with Crippen molar-refractivity contribution >= 4 is 40.2 Å². The molecule has 7 nitrogen and oxygen atoms in total. The van der Waals surface area contributed by atoms with Gasteiger partial charge in [0.1, 0.15) is 22.4 Å². The minimum absolute atomic E-state index is 0.0339. The molecular formula is C21H15N3O4S. The van der Waals surface area contributed by atoms with Gasteiger partial charge in [-0.05, 0) is 24.3 Å². The minimum Gasteiger partial charge on any atom is -0.457 e. The number of benzene rings is 2. The predicted octanol–water partition coefficient (Wildman–Crippen LogP) is 3.46. The number of thioether (sulfide) groups is 1. The van der Waals surface area contributed by atoms with Crippen LogP contribution in [0.15, 0.2) is 68.6 Å². The highest BCUT2D eigenvalue weighted by Gasteiger charge is 2.28. The lowest BCUT2D eigenvalue weighted by Gasteiger charge is -2.14. The van der Waals surface area contributed by atoms with Crippen LogP contribution in [0.4, 0.5) is 5.69 Å². The van der Waals surface area contributed by atoms with Gasteiger partial charge in [-0.25, -0.2) is 0 Å². The highest BCUT2D eigenvalue weighted by atomic mass is 32.2. The summed E-state index contributed by atoms with van der Waals surface area (Å²) in [6.45, 7) is -0.508. The van der Waals surface area contributed by atoms with Crippen LogP contribution in [0.2, 0.25) is 0 Å². The summed E-state index contributed by atoms with van der Waals surface area (Å²) in [5.74, 6) is -1.16. The van der Waals surface area contributed by atoms with E-state index in [0.29, 0.717) is 16.3 Å². The van der Waals surface area contributed by atoms with Gasteiger partial charge in [0.15, 0.2) is 12.2 Å². The minimum atomic E-state index is -0.615. The van der Waals surface area contributed by atoms with E-state index in [1.54, 1.807) is 24.1 Å². The molecule has 2 aromatic carbocycles. The highest BCUT2D eigenvalue weighted by molar-refractivity contribution is 8.03. The third-order valence-electron chi connectivity index (χ3n) is 4.47. The Morgan fingerprint density at radius 1 is 1.21 bits per heavy atom. The summed E-state index contributed by atoms with van der Waals surface area (Å²) in [6, 6.07) is 16.7. The van der Waals surface area contributed by atoms with Crippen LogP contribution in [-0.4, -0.2) is 30.6 Å². The van der Waals surface area contributed by atoms with Crippen molar-refractivity contribution in [3.63, 3.8) is 0 Å². The van der Waals surface area contributed by atoms with Crippen LogP contribution in [0, 0.1) is 11.3 Å². The molecule has 4 rings (SSSR count). The Balaban J connectivity index is 1.44. The molecule has 8 heteroatoms. The van der Waals surface area contributed by atoms with Gasteiger partial charge in [-0.2, -0.15) is 5.26 Å². The predicted molar refractivity (Wildman–Crippen MR) is 107 cm³/mol. The van der Waals surface area contributed by atoms with E-state index in [1.807, 2.05) is 42.5 Å². The van der Waals surface area contributed by atoms with Crippen molar-refractivity contribution in [2.75, 3.05) is 18.6 Å². The summed E-state index contributed by atoms with van der Waals surface area (Å²) in [4.78, 5) is 27.5. The van der Waals surface area contributed by atoms with Gasteiger partial charge in [-0.15, -0.1) is 0 Å². The molecule has 3 aromatic rings. The fraction of sp³-hybridized carbons (Fsp3) is 0.143. The van der Waals surface area contributed by atoms with Crippen molar-refractivity contribution < 1.29 is 18.8 Å². The maximum absolute atomic E-state index is 12.5. The van der Waals surface area contributed by atoms with Crippen LogP contribution in [0.25, 0.3) is 11.0 Å². The fourth-order valence-electron chi connectivity index (χ4n) is 3.02. The Morgan fingerprint density at radius 2 is 1.97 bits per heavy atom. The monoisotopic (exact) mass is 405 g/mol. The van der Waals surface area contributed by atoms with E-state index in [1.165, 1.54) is 11.8 Å². The van der Waals surface area contributed by atoms with Crippen LogP contribution in [-0.2, 0) is 20.7 Å². The van der Waals surface area contributed by atoms with E-state index in [0.717, 1.165) is 16.0 Å². The van der Waals surface area contributed by atoms with Gasteiger partial charge in [-0.1, -0.05) is 41.2 Å². The molecule has 0 N–H and O–H groups in total. The van der Waals surface area contributed by atoms with E-state index in [4.69, 9.17) is 9.26 Å². The Morgan fingerprint density at radius 3 is 2.76 bits per heavy atom. The Bertz CT molecular complexity index is 1190. The van der Waals surface area contributed by atoms with E-state index < -0.39 is 18.4 Å². The van der Waals surface area contributed by atoms with Crippen LogP contribution in [0.5, 0.6) is 0 Å². The molecule has 144 valence electrons. The lowest BCUT2D eigenvalue weighted by molar-refractivity contribution is -0.146. The van der Waals surface area contributed by atoms with Gasteiger partial charge in [-0.3, -0.25) is 9.59 Å². The van der Waals surface area contributed by atoms with Crippen molar-refractivity contribution in [3.8, 4) is 6.07 Å². The lowest BCUT2D eigenvalue weighted by atomic mass is 10.2. The number of hydrogen-bond donors (Lipinski definition) is 0. The van der Waals surface area contributed by atoms with Crippen LogP contribution < -0.4 is 4.90 Å². The fourth-order valence-corrected chi connectivity index (χ4v) is 4.18. The molecule has 0 unspecified atom stereocenters. The van der Waals surface area contributed by atoms with Gasteiger partial charge < -0.3 is 14.2 Å². The Kier molecular flexibility index (Phi) is 5.06. The number of anilines is 1. The zero-order valence-corrected chi connectivity index (χ0v) is 16.2. The first-order valence-corrected chi connectivity index (χ1v) is 9.57. The van der Waals surface area contributed by atoms with E-state index in [-0.39, 0.29) is 12.0 Å². The molecule has 0 saturated heterocycles. The third-order valence-corrected chi connectivity index (χ3v) is 5.71. The van der Waals surface area contributed by atoms with Crippen molar-refractivity contribution in [2.24, 2.45) is 0 Å². The zero-order chi connectivity index (χ0) is 20.4. The van der Waals surface area contributed by atoms with Crippen molar-refractivity contribution in [3.05, 3.63) is 64.8 Å². The number of esters is 1. The van der Waals surface area contributed by atoms with E-state index in [2.05, 4.69) is 5.16 Å². The number of fused-ring (bicyclic) bond motifs is 2. The molecule has 0 bridgehead atoms. The number of Topliss-reactive ketones (excluding diaryl/α,β-unsaturated/α-hetero) is 1. The molecule has 0 saturated carbocycles. The normalized spacial score (nSPS) is 14.4. The first-order chi connectivity index (χ1) is 14.1. The Labute approximate surface area is 170 Å². The average molecular weight is 405 g/mol. The molecular weight excluding hydrogens is 390 g/mol. The molecule has 29 heavy (non-hydrogen) atoms. The topological polar surface area (TPSA) is 96.4 Å². The smallest absolute Gasteiger partial charge is 0.312 e. The summed E-state index contributed by atoms with van der Waals surface area (Å²) in [6.07, 6.45) is -0.122. The average Bonchev–Trinajstić information content (AvgIpc) is 3.29. The number of carbonyl (C=O) groups is 2. The molecule has 0 aliphatic carbocycles. The van der Waals surface area contributed by atoms with Gasteiger partial charge in [0.2, 0.25) is 5.78 Å². The largest absolute Gasteiger partial charge is 0.457 e. The molecule has 0 radical (unpaired) electrons. The second kappa shape index (κ2) is 7.81. The standard InChI is InChI=1S/C21H15N3O4S/c1-24-16-7-3-5-9-19(16)29-21(24)14(11-22)17(25)12-27-20(26)10-15-13-6-2-4-8-18(13)28-23-15/h2-9H,10,12H2,1H3/b21-14-. The molecule has 0 atom stereocenters. The number of carbonyl (C=O) groups excluding carboxylic acids is 2. The first-order valence-electron chi connectivity index (χ1n) is 8.75. The number of nitrogens with zero attached hydrogens (tertiary/aromatic N) is 3. The quantitative estimate of drug-likeness (QED) is 0.362. The number of ether oxygens (including phenoxy) is 1. The summed E-state index contributed by atoms with van der Waals surface area (Å²) < 4.78 is 10.3. The van der Waals surface area contributed by atoms with Gasteiger partial charge in [0.25, 0.3) is 0 Å². The van der Waals surface area contributed by atoms with Crippen molar-refractivity contribution in [1.29, 1.82) is 5.26 Å². The van der Waals surface area contributed by atoms with Gasteiger partial charge in [0, 0.05) is 17.3 Å². The number of rotatable bonds is 5. The third kappa shape index (κ3) is 3.60. The summed E-state index contributed by atoms with van der Waals surface area (Å²) >= 11 is 1.34. The molecule has 0 fully saturated rings.